The highest BCUT2D eigenvalue weighted by Gasteiger charge is 2.16. The summed E-state index contributed by atoms with van der Waals surface area (Å²) >= 11 is 0. The number of ether oxygens (including phenoxy) is 2. The molecule has 6 heteroatoms. The molecule has 0 unspecified atom stereocenters. The zero-order valence-corrected chi connectivity index (χ0v) is 10.9. The van der Waals surface area contributed by atoms with Crippen molar-refractivity contribution >= 4 is 17.7 Å². The Hall–Kier alpha value is -2.21. The molecule has 0 aliphatic carbocycles. The fourth-order valence-corrected chi connectivity index (χ4v) is 1.91. The van der Waals surface area contributed by atoms with Crippen molar-refractivity contribution in [3.63, 3.8) is 0 Å². The highest BCUT2D eigenvalue weighted by atomic mass is 16.6. The minimum atomic E-state index is -0.480. The number of hydrogen-bond acceptors (Lipinski definition) is 5. The van der Waals surface area contributed by atoms with Crippen LogP contribution in [0.4, 0.5) is 5.69 Å². The standard InChI is InChI=1S/C14H15NO5/c16-14(20-10-13-5-2-8-19-13)7-6-11-3-1-4-12(9-11)15(17)18/h1,3-4,6-7,9,13H,2,5,8,10H2/b7-6+/t13-/m1/s1. The molecule has 1 atom stereocenters. The van der Waals surface area contributed by atoms with Gasteiger partial charge in [0.05, 0.1) is 11.0 Å². The van der Waals surface area contributed by atoms with Crippen LogP contribution in [0.15, 0.2) is 30.3 Å². The van der Waals surface area contributed by atoms with Crippen LogP contribution in [0.3, 0.4) is 0 Å². The van der Waals surface area contributed by atoms with Crippen molar-refractivity contribution < 1.29 is 19.2 Å². The average molecular weight is 277 g/mol. The lowest BCUT2D eigenvalue weighted by atomic mass is 10.2. The van der Waals surface area contributed by atoms with E-state index < -0.39 is 10.9 Å². The number of nitro groups is 1. The fraction of sp³-hybridized carbons (Fsp3) is 0.357. The van der Waals surface area contributed by atoms with Crippen LogP contribution < -0.4 is 0 Å². The Bertz CT molecular complexity index is 520. The third kappa shape index (κ3) is 4.17. The van der Waals surface area contributed by atoms with Crippen LogP contribution in [-0.4, -0.2) is 30.2 Å². The lowest BCUT2D eigenvalue weighted by Gasteiger charge is -2.08. The van der Waals surface area contributed by atoms with Gasteiger partial charge in [-0.1, -0.05) is 12.1 Å². The fourth-order valence-electron chi connectivity index (χ4n) is 1.91. The average Bonchev–Trinajstić information content (AvgIpc) is 2.96. The van der Waals surface area contributed by atoms with Crippen LogP contribution in [0.1, 0.15) is 18.4 Å². The Morgan fingerprint density at radius 3 is 3.10 bits per heavy atom. The van der Waals surface area contributed by atoms with Crippen molar-refractivity contribution in [1.82, 2.24) is 0 Å². The first kappa shape index (κ1) is 14.2. The summed E-state index contributed by atoms with van der Waals surface area (Å²) in [5.74, 6) is -0.480. The molecule has 1 aromatic rings. The first-order valence-corrected chi connectivity index (χ1v) is 6.36. The minimum absolute atomic E-state index is 0.00911. The van der Waals surface area contributed by atoms with Crippen molar-refractivity contribution in [2.45, 2.75) is 18.9 Å². The molecule has 0 aromatic heterocycles. The highest BCUT2D eigenvalue weighted by molar-refractivity contribution is 5.87. The van der Waals surface area contributed by atoms with Crippen LogP contribution in [0, 0.1) is 10.1 Å². The van der Waals surface area contributed by atoms with E-state index in [1.807, 2.05) is 0 Å². The largest absolute Gasteiger partial charge is 0.460 e. The summed E-state index contributed by atoms with van der Waals surface area (Å²) in [5, 5.41) is 10.6. The second-order valence-electron chi connectivity index (χ2n) is 4.45. The van der Waals surface area contributed by atoms with Gasteiger partial charge in [0.15, 0.2) is 0 Å². The van der Waals surface area contributed by atoms with E-state index in [-0.39, 0.29) is 18.4 Å². The number of benzene rings is 1. The third-order valence-electron chi connectivity index (χ3n) is 2.93. The van der Waals surface area contributed by atoms with Gasteiger partial charge in [0.25, 0.3) is 5.69 Å². The zero-order valence-electron chi connectivity index (χ0n) is 10.9. The summed E-state index contributed by atoms with van der Waals surface area (Å²) in [6.45, 7) is 0.962. The van der Waals surface area contributed by atoms with E-state index >= 15 is 0 Å². The van der Waals surface area contributed by atoms with Gasteiger partial charge in [0.2, 0.25) is 0 Å². The second-order valence-corrected chi connectivity index (χ2v) is 4.45. The SMILES string of the molecule is O=C(/C=C/c1cccc([N+](=O)[O-])c1)OC[C@H]1CCCO1. The number of hydrogen-bond donors (Lipinski definition) is 0. The summed E-state index contributed by atoms with van der Waals surface area (Å²) in [6.07, 6.45) is 4.64. The van der Waals surface area contributed by atoms with Crippen LogP contribution in [-0.2, 0) is 14.3 Å². The molecular weight excluding hydrogens is 262 g/mol. The normalized spacial score (nSPS) is 18.3. The summed E-state index contributed by atoms with van der Waals surface area (Å²) in [6, 6.07) is 6.03. The van der Waals surface area contributed by atoms with E-state index in [9.17, 15) is 14.9 Å². The van der Waals surface area contributed by atoms with E-state index in [0.29, 0.717) is 12.2 Å². The molecule has 1 heterocycles. The Morgan fingerprint density at radius 2 is 2.40 bits per heavy atom. The highest BCUT2D eigenvalue weighted by Crippen LogP contribution is 2.14. The minimum Gasteiger partial charge on any atom is -0.460 e. The first-order valence-electron chi connectivity index (χ1n) is 6.36. The summed E-state index contributed by atoms with van der Waals surface area (Å²) in [7, 11) is 0. The third-order valence-corrected chi connectivity index (χ3v) is 2.93. The van der Waals surface area contributed by atoms with E-state index in [4.69, 9.17) is 9.47 Å². The molecule has 106 valence electrons. The Labute approximate surface area is 116 Å². The quantitative estimate of drug-likeness (QED) is 0.357. The molecule has 1 saturated heterocycles. The summed E-state index contributed by atoms with van der Waals surface area (Å²) in [4.78, 5) is 21.6. The molecule has 0 radical (unpaired) electrons. The van der Waals surface area contributed by atoms with E-state index in [2.05, 4.69) is 0 Å². The number of nitro benzene ring substituents is 1. The molecule has 1 aliphatic rings. The van der Waals surface area contributed by atoms with E-state index in [1.54, 1.807) is 12.1 Å². The number of esters is 1. The smallest absolute Gasteiger partial charge is 0.330 e. The molecule has 0 N–H and O–H groups in total. The van der Waals surface area contributed by atoms with E-state index in [0.717, 1.165) is 12.8 Å². The zero-order chi connectivity index (χ0) is 14.4. The number of rotatable bonds is 5. The molecule has 20 heavy (non-hydrogen) atoms. The van der Waals surface area contributed by atoms with Crippen molar-refractivity contribution in [2.75, 3.05) is 13.2 Å². The van der Waals surface area contributed by atoms with Gasteiger partial charge in [-0.25, -0.2) is 4.79 Å². The summed E-state index contributed by atoms with van der Waals surface area (Å²) < 4.78 is 10.4. The molecule has 2 rings (SSSR count). The van der Waals surface area contributed by atoms with Gasteiger partial charge in [-0.05, 0) is 24.5 Å². The topological polar surface area (TPSA) is 78.7 Å². The van der Waals surface area contributed by atoms with Crippen molar-refractivity contribution in [2.24, 2.45) is 0 Å². The van der Waals surface area contributed by atoms with Crippen molar-refractivity contribution in [1.29, 1.82) is 0 Å². The molecule has 1 fully saturated rings. The predicted molar refractivity (Wildman–Crippen MR) is 72.1 cm³/mol. The molecule has 0 amide bonds. The molecule has 0 spiro atoms. The van der Waals surface area contributed by atoms with Gasteiger partial charge in [-0.15, -0.1) is 0 Å². The molecular formula is C14H15NO5. The first-order chi connectivity index (χ1) is 9.65. The molecule has 6 nitrogen and oxygen atoms in total. The van der Waals surface area contributed by atoms with Crippen molar-refractivity contribution in [3.8, 4) is 0 Å². The van der Waals surface area contributed by atoms with Crippen LogP contribution in [0.2, 0.25) is 0 Å². The maximum Gasteiger partial charge on any atom is 0.330 e. The van der Waals surface area contributed by atoms with Gasteiger partial charge in [-0.3, -0.25) is 10.1 Å². The summed E-state index contributed by atoms with van der Waals surface area (Å²) in [5.41, 5.74) is 0.563. The maximum atomic E-state index is 11.5. The van der Waals surface area contributed by atoms with Gasteiger partial charge < -0.3 is 9.47 Å². The Balaban J connectivity index is 1.86. The molecule has 1 aromatic carbocycles. The molecule has 1 aliphatic heterocycles. The van der Waals surface area contributed by atoms with Gasteiger partial charge in [0, 0.05) is 24.8 Å². The Kier molecular flexibility index (Phi) is 4.84. The monoisotopic (exact) mass is 277 g/mol. The molecule has 0 saturated carbocycles. The number of carbonyl (C=O) groups is 1. The maximum absolute atomic E-state index is 11.5. The lowest BCUT2D eigenvalue weighted by Crippen LogP contribution is -2.16. The van der Waals surface area contributed by atoms with Gasteiger partial charge >= 0.3 is 5.97 Å². The lowest BCUT2D eigenvalue weighted by molar-refractivity contribution is -0.384. The Morgan fingerprint density at radius 1 is 1.55 bits per heavy atom. The van der Waals surface area contributed by atoms with Crippen LogP contribution >= 0.6 is 0 Å². The van der Waals surface area contributed by atoms with Gasteiger partial charge in [0.1, 0.15) is 6.61 Å². The predicted octanol–water partition coefficient (Wildman–Crippen LogP) is 2.33. The number of non-ortho nitro benzene ring substituents is 1. The van der Waals surface area contributed by atoms with Crippen LogP contribution in [0.5, 0.6) is 0 Å². The van der Waals surface area contributed by atoms with Crippen molar-refractivity contribution in [3.05, 3.63) is 46.0 Å². The number of carbonyl (C=O) groups excluding carboxylic acids is 1. The second kappa shape index (κ2) is 6.81. The van der Waals surface area contributed by atoms with E-state index in [1.165, 1.54) is 24.3 Å². The van der Waals surface area contributed by atoms with Gasteiger partial charge in [-0.2, -0.15) is 0 Å². The molecule has 0 bridgehead atoms. The van der Waals surface area contributed by atoms with Crippen LogP contribution in [0.25, 0.3) is 6.08 Å². The number of nitrogens with zero attached hydrogens (tertiary/aromatic N) is 1.